The van der Waals surface area contributed by atoms with Crippen molar-refractivity contribution in [3.8, 4) is 5.75 Å². The third-order valence-corrected chi connectivity index (χ3v) is 6.73. The highest BCUT2D eigenvalue weighted by molar-refractivity contribution is 7.30. The second kappa shape index (κ2) is 11.4. The Balaban J connectivity index is 1.36. The number of esters is 1. The lowest BCUT2D eigenvalue weighted by molar-refractivity contribution is -0.137. The number of aromatic hydroxyl groups is 1. The van der Waals surface area contributed by atoms with Gasteiger partial charge in [0.15, 0.2) is 0 Å². The van der Waals surface area contributed by atoms with E-state index in [1.54, 1.807) is 24.3 Å². The molecule has 4 aromatic rings. The first-order valence-corrected chi connectivity index (χ1v) is 12.3. The summed E-state index contributed by atoms with van der Waals surface area (Å²) >= 11 is 2.86. The van der Waals surface area contributed by atoms with Crippen molar-refractivity contribution < 1.29 is 14.6 Å². The number of hydrogen-bond acceptors (Lipinski definition) is 11. The monoisotopic (exact) mass is 506 g/mol. The Morgan fingerprint density at radius 2 is 1.74 bits per heavy atom. The summed E-state index contributed by atoms with van der Waals surface area (Å²) in [5.41, 5.74) is 2.38. The molecule has 2 aromatic carbocycles. The van der Waals surface area contributed by atoms with Crippen LogP contribution in [0.15, 0.2) is 87.7 Å². The van der Waals surface area contributed by atoms with Gasteiger partial charge in [0.1, 0.15) is 22.2 Å². The lowest BCUT2D eigenvalue weighted by Gasteiger charge is -2.22. The minimum atomic E-state index is -0.423. The zero-order valence-corrected chi connectivity index (χ0v) is 20.5. The Bertz CT molecular complexity index is 1330. The number of carbonyl (C=O) groups is 1. The van der Waals surface area contributed by atoms with Crippen molar-refractivity contribution in [2.45, 2.75) is 6.92 Å². The number of thiazole rings is 1. The molecule has 0 aliphatic heterocycles. The fourth-order valence-electron chi connectivity index (χ4n) is 3.05. The van der Waals surface area contributed by atoms with Crippen LogP contribution in [0.4, 0.5) is 27.2 Å². The van der Waals surface area contributed by atoms with Crippen LogP contribution in [0.3, 0.4) is 0 Å². The number of hydrogen-bond donors (Lipinski definition) is 1. The second-order valence-electron chi connectivity index (χ2n) is 7.13. The van der Waals surface area contributed by atoms with Gasteiger partial charge in [-0.05, 0) is 61.5 Å². The molecule has 2 heterocycles. The van der Waals surface area contributed by atoms with Crippen LogP contribution < -0.4 is 4.90 Å². The molecular formula is C24H22N6O3S2. The summed E-state index contributed by atoms with van der Waals surface area (Å²) in [5.74, 6) is -0.234. The van der Waals surface area contributed by atoms with Gasteiger partial charge < -0.3 is 14.7 Å². The average Bonchev–Trinajstić information content (AvgIpc) is 3.44. The van der Waals surface area contributed by atoms with E-state index < -0.39 is 5.97 Å². The molecule has 0 saturated carbocycles. The lowest BCUT2D eigenvalue weighted by atomic mass is 10.2. The van der Waals surface area contributed by atoms with E-state index in [1.807, 2.05) is 37.3 Å². The van der Waals surface area contributed by atoms with E-state index in [9.17, 15) is 9.90 Å². The van der Waals surface area contributed by atoms with Gasteiger partial charge in [-0.3, -0.25) is 0 Å². The van der Waals surface area contributed by atoms with Crippen LogP contribution in [0.2, 0.25) is 0 Å². The summed E-state index contributed by atoms with van der Waals surface area (Å²) in [6, 6.07) is 16.1. The maximum Gasteiger partial charge on any atom is 0.330 e. The standard InChI is InChI=1S/C24H22N6O3S2/c1-3-22(32)33-14-13-30(4-2)18-9-5-16(6-10-18)27-29-24-25-23-20(34-24)15-21(35-23)28-26-17-7-11-19(31)12-8-17/h3,5-12,15,31H,1,4,13-14H2,2H3. The summed E-state index contributed by atoms with van der Waals surface area (Å²) in [4.78, 5) is 18.6. The number of fused-ring (bicyclic) bond motifs is 1. The molecule has 0 aliphatic carbocycles. The Kier molecular flexibility index (Phi) is 7.91. The normalized spacial score (nSPS) is 11.5. The van der Waals surface area contributed by atoms with Gasteiger partial charge in [0.25, 0.3) is 0 Å². The van der Waals surface area contributed by atoms with Crippen LogP contribution in [0.25, 0.3) is 9.53 Å². The second-order valence-corrected chi connectivity index (χ2v) is 9.15. The Labute approximate surface area is 209 Å². The number of anilines is 1. The number of phenolic OH excluding ortho intramolecular Hbond substituents is 1. The zero-order valence-electron chi connectivity index (χ0n) is 18.9. The first-order valence-electron chi connectivity index (χ1n) is 10.7. The third-order valence-electron chi connectivity index (χ3n) is 4.80. The van der Waals surface area contributed by atoms with Crippen molar-refractivity contribution >= 4 is 65.4 Å². The number of azo groups is 2. The van der Waals surface area contributed by atoms with Crippen molar-refractivity contribution in [2.24, 2.45) is 20.5 Å². The molecule has 1 N–H and O–H groups in total. The molecular weight excluding hydrogens is 484 g/mol. The number of carbonyl (C=O) groups excluding carboxylic acids is 1. The van der Waals surface area contributed by atoms with E-state index in [-0.39, 0.29) is 5.75 Å². The van der Waals surface area contributed by atoms with Gasteiger partial charge in [-0.25, -0.2) is 9.78 Å². The van der Waals surface area contributed by atoms with Crippen LogP contribution >= 0.6 is 22.7 Å². The summed E-state index contributed by atoms with van der Waals surface area (Å²) < 4.78 is 6.03. The minimum absolute atomic E-state index is 0.189. The molecule has 9 nitrogen and oxygen atoms in total. The number of rotatable bonds is 10. The quantitative estimate of drug-likeness (QED) is 0.136. The van der Waals surface area contributed by atoms with Gasteiger partial charge in [-0.2, -0.15) is 0 Å². The van der Waals surface area contributed by atoms with Gasteiger partial charge in [0.2, 0.25) is 5.13 Å². The van der Waals surface area contributed by atoms with Crippen molar-refractivity contribution in [1.82, 2.24) is 4.98 Å². The van der Waals surface area contributed by atoms with Crippen LogP contribution in [0.5, 0.6) is 5.75 Å². The zero-order chi connectivity index (χ0) is 24.6. The van der Waals surface area contributed by atoms with Crippen LogP contribution in [-0.2, 0) is 9.53 Å². The minimum Gasteiger partial charge on any atom is -0.508 e. The predicted molar refractivity (Wildman–Crippen MR) is 139 cm³/mol. The first kappa shape index (κ1) is 24.2. The van der Waals surface area contributed by atoms with Crippen molar-refractivity contribution in [2.75, 3.05) is 24.6 Å². The average molecular weight is 507 g/mol. The molecule has 0 aliphatic rings. The third kappa shape index (κ3) is 6.55. The molecule has 0 fully saturated rings. The molecule has 0 radical (unpaired) electrons. The van der Waals surface area contributed by atoms with E-state index in [1.165, 1.54) is 22.7 Å². The van der Waals surface area contributed by atoms with Gasteiger partial charge >= 0.3 is 5.97 Å². The number of likely N-dealkylation sites (N-methyl/N-ethyl adjacent to an activating group) is 1. The molecule has 178 valence electrons. The molecule has 0 bridgehead atoms. The summed E-state index contributed by atoms with van der Waals surface area (Å²) in [7, 11) is 0. The highest BCUT2D eigenvalue weighted by atomic mass is 32.1. The van der Waals surface area contributed by atoms with E-state index in [0.717, 1.165) is 32.8 Å². The molecule has 0 unspecified atom stereocenters. The van der Waals surface area contributed by atoms with Crippen molar-refractivity contribution in [3.63, 3.8) is 0 Å². The van der Waals surface area contributed by atoms with E-state index >= 15 is 0 Å². The smallest absolute Gasteiger partial charge is 0.330 e. The van der Waals surface area contributed by atoms with Crippen LogP contribution in [0, 0.1) is 0 Å². The molecule has 4 rings (SSSR count). The van der Waals surface area contributed by atoms with Crippen molar-refractivity contribution in [1.29, 1.82) is 0 Å². The molecule has 35 heavy (non-hydrogen) atoms. The maximum absolute atomic E-state index is 11.2. The fraction of sp³-hybridized carbons (Fsp3) is 0.167. The number of ether oxygens (including phenoxy) is 1. The molecule has 2 aromatic heterocycles. The summed E-state index contributed by atoms with van der Waals surface area (Å²) in [6.07, 6.45) is 1.16. The fourth-order valence-corrected chi connectivity index (χ4v) is 4.90. The highest BCUT2D eigenvalue weighted by Gasteiger charge is 2.09. The van der Waals surface area contributed by atoms with Gasteiger partial charge in [-0.15, -0.1) is 20.5 Å². The number of phenols is 1. The first-order chi connectivity index (χ1) is 17.0. The van der Waals surface area contributed by atoms with E-state index in [0.29, 0.717) is 29.7 Å². The van der Waals surface area contributed by atoms with E-state index in [4.69, 9.17) is 4.74 Å². The summed E-state index contributed by atoms with van der Waals surface area (Å²) in [6.45, 7) is 7.09. The molecule has 0 saturated heterocycles. The van der Waals surface area contributed by atoms with Crippen LogP contribution in [-0.4, -0.2) is 35.8 Å². The highest BCUT2D eigenvalue weighted by Crippen LogP contribution is 2.39. The Morgan fingerprint density at radius 1 is 1.06 bits per heavy atom. The molecule has 11 heteroatoms. The van der Waals surface area contributed by atoms with Crippen molar-refractivity contribution in [3.05, 3.63) is 67.3 Å². The van der Waals surface area contributed by atoms with E-state index in [2.05, 4.69) is 36.9 Å². The number of nitrogens with zero attached hydrogens (tertiary/aromatic N) is 6. The lowest BCUT2D eigenvalue weighted by Crippen LogP contribution is -2.27. The van der Waals surface area contributed by atoms with Crippen LogP contribution in [0.1, 0.15) is 6.92 Å². The SMILES string of the molecule is C=CC(=O)OCCN(CC)c1ccc(N=Nc2nc3sc(N=Nc4ccc(O)cc4)cc3s2)cc1. The van der Waals surface area contributed by atoms with Gasteiger partial charge in [0.05, 0.1) is 22.6 Å². The van der Waals surface area contributed by atoms with Gasteiger partial charge in [-0.1, -0.05) is 29.3 Å². The summed E-state index contributed by atoms with van der Waals surface area (Å²) in [5, 5.41) is 27.6. The number of benzene rings is 2. The number of aromatic nitrogens is 1. The number of thiophene rings is 1. The topological polar surface area (TPSA) is 112 Å². The maximum atomic E-state index is 11.2. The Hall–Kier alpha value is -3.96. The molecule has 0 amide bonds. The Morgan fingerprint density at radius 3 is 2.40 bits per heavy atom. The largest absolute Gasteiger partial charge is 0.508 e. The molecule has 0 spiro atoms. The predicted octanol–water partition coefficient (Wildman–Crippen LogP) is 7.45. The van der Waals surface area contributed by atoms with Gasteiger partial charge in [0, 0.05) is 18.3 Å². The molecule has 0 atom stereocenters.